The molecule has 1 N–H and O–H groups in total. The Bertz CT molecular complexity index is 301. The zero-order valence-corrected chi connectivity index (χ0v) is 8.65. The van der Waals surface area contributed by atoms with E-state index >= 15 is 0 Å². The third kappa shape index (κ3) is 1.98. The lowest BCUT2D eigenvalue weighted by Crippen LogP contribution is -2.23. The van der Waals surface area contributed by atoms with E-state index < -0.39 is 0 Å². The SMILES string of the molecule is ClC1CCc2ccccc2C(Cl)N1. The van der Waals surface area contributed by atoms with E-state index in [4.69, 9.17) is 23.2 Å². The summed E-state index contributed by atoms with van der Waals surface area (Å²) in [4.78, 5) is 0. The Hall–Kier alpha value is -0.240. The quantitative estimate of drug-likeness (QED) is 0.519. The smallest absolute Gasteiger partial charge is 0.110 e. The van der Waals surface area contributed by atoms with Gasteiger partial charge in [-0.1, -0.05) is 24.3 Å². The molecule has 0 fully saturated rings. The molecule has 0 aliphatic carbocycles. The summed E-state index contributed by atoms with van der Waals surface area (Å²) >= 11 is 12.2. The number of nitrogens with one attached hydrogen (secondary N) is 1. The van der Waals surface area contributed by atoms with Crippen LogP contribution in [-0.4, -0.2) is 5.50 Å². The fourth-order valence-electron chi connectivity index (χ4n) is 1.62. The topological polar surface area (TPSA) is 12.0 Å². The van der Waals surface area contributed by atoms with Crippen molar-refractivity contribution in [2.45, 2.75) is 23.8 Å². The number of hydrogen-bond donors (Lipinski definition) is 1. The Morgan fingerprint density at radius 3 is 2.85 bits per heavy atom. The second-order valence-corrected chi connectivity index (χ2v) is 4.20. The second-order valence-electron chi connectivity index (χ2n) is 3.23. The van der Waals surface area contributed by atoms with Gasteiger partial charge in [0, 0.05) is 0 Å². The van der Waals surface area contributed by atoms with Crippen molar-refractivity contribution < 1.29 is 0 Å². The summed E-state index contributed by atoms with van der Waals surface area (Å²) in [6.45, 7) is 0. The van der Waals surface area contributed by atoms with Crippen LogP contribution in [0.15, 0.2) is 24.3 Å². The van der Waals surface area contributed by atoms with E-state index in [0.717, 1.165) is 18.4 Å². The van der Waals surface area contributed by atoms with E-state index in [2.05, 4.69) is 17.4 Å². The first-order chi connectivity index (χ1) is 6.27. The predicted octanol–water partition coefficient (Wildman–Crippen LogP) is 3.02. The van der Waals surface area contributed by atoms with Crippen molar-refractivity contribution in [1.29, 1.82) is 0 Å². The summed E-state index contributed by atoms with van der Waals surface area (Å²) in [6.07, 6.45) is 1.93. The van der Waals surface area contributed by atoms with Crippen LogP contribution in [0.1, 0.15) is 23.0 Å². The van der Waals surface area contributed by atoms with Gasteiger partial charge in [-0.15, -0.1) is 23.2 Å². The Morgan fingerprint density at radius 1 is 1.23 bits per heavy atom. The first kappa shape index (κ1) is 9.32. The van der Waals surface area contributed by atoms with Gasteiger partial charge >= 0.3 is 0 Å². The molecule has 3 heteroatoms. The van der Waals surface area contributed by atoms with Gasteiger partial charge in [0.2, 0.25) is 0 Å². The molecule has 2 unspecified atom stereocenters. The van der Waals surface area contributed by atoms with E-state index in [0.29, 0.717) is 0 Å². The van der Waals surface area contributed by atoms with Crippen molar-refractivity contribution in [2.75, 3.05) is 0 Å². The maximum Gasteiger partial charge on any atom is 0.110 e. The molecular weight excluding hydrogens is 205 g/mol. The number of hydrogen-bond acceptors (Lipinski definition) is 1. The molecule has 0 radical (unpaired) electrons. The molecule has 0 spiro atoms. The molecule has 1 aromatic carbocycles. The number of alkyl halides is 2. The van der Waals surface area contributed by atoms with Crippen LogP contribution in [0, 0.1) is 0 Å². The molecule has 1 heterocycles. The number of halogens is 2. The molecule has 0 saturated carbocycles. The highest BCUT2D eigenvalue weighted by molar-refractivity contribution is 6.23. The molecule has 0 saturated heterocycles. The summed E-state index contributed by atoms with van der Waals surface area (Å²) in [7, 11) is 0. The summed E-state index contributed by atoms with van der Waals surface area (Å²) in [6, 6.07) is 8.21. The summed E-state index contributed by atoms with van der Waals surface area (Å²) in [5.74, 6) is 0. The van der Waals surface area contributed by atoms with Gasteiger partial charge in [0.15, 0.2) is 0 Å². The van der Waals surface area contributed by atoms with Gasteiger partial charge in [-0.2, -0.15) is 0 Å². The molecule has 1 aliphatic heterocycles. The molecule has 2 rings (SSSR count). The first-order valence-corrected chi connectivity index (χ1v) is 5.26. The number of aryl methyl sites for hydroxylation is 1. The molecule has 2 atom stereocenters. The Morgan fingerprint density at radius 2 is 2.00 bits per heavy atom. The van der Waals surface area contributed by atoms with E-state index in [1.807, 2.05) is 12.1 Å². The second kappa shape index (κ2) is 3.87. The minimum Gasteiger partial charge on any atom is -0.282 e. The fourth-order valence-corrected chi connectivity index (χ4v) is 2.29. The fraction of sp³-hybridized carbons (Fsp3) is 0.400. The van der Waals surface area contributed by atoms with Crippen molar-refractivity contribution in [1.82, 2.24) is 5.32 Å². The average Bonchev–Trinajstić information content (AvgIpc) is 2.27. The number of rotatable bonds is 0. The van der Waals surface area contributed by atoms with Crippen LogP contribution in [0.25, 0.3) is 0 Å². The van der Waals surface area contributed by atoms with Gasteiger partial charge in [-0.3, -0.25) is 5.32 Å². The molecule has 1 aliphatic rings. The maximum atomic E-state index is 6.15. The monoisotopic (exact) mass is 215 g/mol. The molecular formula is C10H11Cl2N. The van der Waals surface area contributed by atoms with Crippen molar-refractivity contribution >= 4 is 23.2 Å². The Labute approximate surface area is 88.0 Å². The van der Waals surface area contributed by atoms with Crippen molar-refractivity contribution in [3.8, 4) is 0 Å². The van der Waals surface area contributed by atoms with Gasteiger partial charge in [0.25, 0.3) is 0 Å². The normalized spacial score (nSPS) is 27.8. The molecule has 13 heavy (non-hydrogen) atoms. The number of benzene rings is 1. The van der Waals surface area contributed by atoms with Crippen LogP contribution in [0.3, 0.4) is 0 Å². The third-order valence-electron chi connectivity index (χ3n) is 2.32. The van der Waals surface area contributed by atoms with Crippen molar-refractivity contribution in [2.24, 2.45) is 0 Å². The minimum atomic E-state index is -0.152. The minimum absolute atomic E-state index is 0.0186. The van der Waals surface area contributed by atoms with Gasteiger partial charge in [-0.05, 0) is 24.0 Å². The van der Waals surface area contributed by atoms with Gasteiger partial charge in [-0.25, -0.2) is 0 Å². The zero-order valence-electron chi connectivity index (χ0n) is 7.13. The third-order valence-corrected chi connectivity index (χ3v) is 3.03. The van der Waals surface area contributed by atoms with Crippen LogP contribution in [0.2, 0.25) is 0 Å². The Kier molecular flexibility index (Phi) is 2.77. The molecule has 0 amide bonds. The zero-order chi connectivity index (χ0) is 9.26. The molecule has 1 aromatic rings. The molecule has 70 valence electrons. The Balaban J connectivity index is 2.35. The van der Waals surface area contributed by atoms with Crippen LogP contribution in [0.4, 0.5) is 0 Å². The van der Waals surface area contributed by atoms with E-state index in [1.54, 1.807) is 0 Å². The lowest BCUT2D eigenvalue weighted by Gasteiger charge is -2.13. The van der Waals surface area contributed by atoms with Crippen LogP contribution >= 0.6 is 23.2 Å². The molecule has 0 bridgehead atoms. The van der Waals surface area contributed by atoms with Gasteiger partial charge < -0.3 is 0 Å². The van der Waals surface area contributed by atoms with Crippen molar-refractivity contribution in [3.05, 3.63) is 35.4 Å². The number of fused-ring (bicyclic) bond motifs is 1. The first-order valence-electron chi connectivity index (χ1n) is 4.39. The largest absolute Gasteiger partial charge is 0.282 e. The lowest BCUT2D eigenvalue weighted by atomic mass is 10.0. The van der Waals surface area contributed by atoms with Crippen LogP contribution in [0.5, 0.6) is 0 Å². The maximum absolute atomic E-state index is 6.15. The average molecular weight is 216 g/mol. The highest BCUT2D eigenvalue weighted by Crippen LogP contribution is 2.27. The highest BCUT2D eigenvalue weighted by Gasteiger charge is 2.19. The molecule has 0 aromatic heterocycles. The van der Waals surface area contributed by atoms with Gasteiger partial charge in [0.05, 0.1) is 5.50 Å². The molecule has 1 nitrogen and oxygen atoms in total. The summed E-state index contributed by atoms with van der Waals surface area (Å²) in [5, 5.41) is 3.13. The summed E-state index contributed by atoms with van der Waals surface area (Å²) < 4.78 is 0. The summed E-state index contributed by atoms with van der Waals surface area (Å²) in [5.41, 5.74) is 2.29. The van der Waals surface area contributed by atoms with Crippen molar-refractivity contribution in [3.63, 3.8) is 0 Å². The van der Waals surface area contributed by atoms with Crippen LogP contribution in [-0.2, 0) is 6.42 Å². The highest BCUT2D eigenvalue weighted by atomic mass is 35.5. The van der Waals surface area contributed by atoms with E-state index in [-0.39, 0.29) is 11.0 Å². The van der Waals surface area contributed by atoms with E-state index in [1.165, 1.54) is 5.56 Å². The standard InChI is InChI=1S/C10H11Cl2N/c11-9-6-5-7-3-1-2-4-8(7)10(12)13-9/h1-4,9-10,13H,5-6H2. The van der Waals surface area contributed by atoms with Crippen LogP contribution < -0.4 is 5.32 Å². The lowest BCUT2D eigenvalue weighted by molar-refractivity contribution is 0.613. The predicted molar refractivity (Wildman–Crippen MR) is 56.1 cm³/mol. The van der Waals surface area contributed by atoms with E-state index in [9.17, 15) is 0 Å². The van der Waals surface area contributed by atoms with Gasteiger partial charge in [0.1, 0.15) is 5.50 Å².